The van der Waals surface area contributed by atoms with Gasteiger partial charge >= 0.3 is 11.1 Å². The Hall–Kier alpha value is -4.00. The number of cyclic esters (lactones) is 1. The van der Waals surface area contributed by atoms with Crippen molar-refractivity contribution in [1.82, 2.24) is 9.97 Å². The van der Waals surface area contributed by atoms with Crippen molar-refractivity contribution >= 4 is 38.8 Å². The van der Waals surface area contributed by atoms with E-state index in [0.717, 1.165) is 16.3 Å². The first-order chi connectivity index (χ1) is 17.0. The Morgan fingerprint density at radius 2 is 1.97 bits per heavy atom. The van der Waals surface area contributed by atoms with Crippen molar-refractivity contribution in [2.45, 2.75) is 6.10 Å². The number of thiophene rings is 1. The van der Waals surface area contributed by atoms with Crippen molar-refractivity contribution in [3.8, 4) is 5.88 Å². The van der Waals surface area contributed by atoms with E-state index < -0.39 is 22.9 Å². The molecule has 35 heavy (non-hydrogen) atoms. The predicted molar refractivity (Wildman–Crippen MR) is 127 cm³/mol. The Morgan fingerprint density at radius 1 is 1.17 bits per heavy atom. The van der Waals surface area contributed by atoms with Crippen LogP contribution in [0.15, 0.2) is 48.9 Å². The normalized spacial score (nSPS) is 18.0. The Bertz CT molecular complexity index is 1220. The van der Waals surface area contributed by atoms with Crippen molar-refractivity contribution in [2.75, 3.05) is 54.0 Å². The number of anilines is 3. The smallest absolute Gasteiger partial charge is 0.414 e. The molecule has 3 aromatic rings. The van der Waals surface area contributed by atoms with E-state index in [1.165, 1.54) is 35.6 Å². The minimum Gasteiger partial charge on any atom is -0.473 e. The molecule has 2 aromatic heterocycles. The van der Waals surface area contributed by atoms with Gasteiger partial charge in [-0.2, -0.15) is 0 Å². The monoisotopic (exact) mass is 500 g/mol. The summed E-state index contributed by atoms with van der Waals surface area (Å²) < 4.78 is 25.9. The van der Waals surface area contributed by atoms with Crippen LogP contribution >= 0.6 is 11.3 Å². The maximum atomic E-state index is 15.0. The molecule has 0 aliphatic carbocycles. The molecular formula is C22H21FN6O5S. The summed E-state index contributed by atoms with van der Waals surface area (Å²) in [5.74, 6) is -0.107. The molecule has 0 bridgehead atoms. The van der Waals surface area contributed by atoms with Crippen molar-refractivity contribution in [3.05, 3.63) is 64.9 Å². The second kappa shape index (κ2) is 9.70. The number of benzene rings is 1. The van der Waals surface area contributed by atoms with Gasteiger partial charge in [0, 0.05) is 44.6 Å². The summed E-state index contributed by atoms with van der Waals surface area (Å²) in [6, 6.07) is 7.93. The SMILES string of the molecule is O=C1O[C@@H](COc2cnccn2)CN1c1ccc(N2CCN(c3ccc([N+](=O)[O-])s3)CC2)c(F)c1. The Morgan fingerprint density at radius 3 is 2.66 bits per heavy atom. The van der Waals surface area contributed by atoms with E-state index in [-0.39, 0.29) is 18.2 Å². The van der Waals surface area contributed by atoms with E-state index in [1.54, 1.807) is 18.2 Å². The third-order valence-electron chi connectivity index (χ3n) is 5.76. The van der Waals surface area contributed by atoms with Gasteiger partial charge in [-0.25, -0.2) is 14.2 Å². The molecule has 1 amide bonds. The first kappa shape index (κ1) is 22.8. The minimum absolute atomic E-state index is 0.104. The molecule has 11 nitrogen and oxygen atoms in total. The third kappa shape index (κ3) is 4.94. The summed E-state index contributed by atoms with van der Waals surface area (Å²) in [6.45, 7) is 2.70. The van der Waals surface area contributed by atoms with Crippen LogP contribution in [-0.4, -0.2) is 66.4 Å². The fraction of sp³-hybridized carbons (Fsp3) is 0.318. The Kier molecular flexibility index (Phi) is 6.31. The lowest BCUT2D eigenvalue weighted by atomic mass is 10.2. The molecule has 0 spiro atoms. The Balaban J connectivity index is 1.19. The first-order valence-corrected chi connectivity index (χ1v) is 11.7. The number of ether oxygens (including phenoxy) is 2. The Labute approximate surface area is 203 Å². The number of amides is 1. The number of piperazine rings is 1. The molecule has 0 saturated carbocycles. The molecule has 4 heterocycles. The fourth-order valence-corrected chi connectivity index (χ4v) is 4.90. The van der Waals surface area contributed by atoms with Crippen LogP contribution in [0.3, 0.4) is 0 Å². The van der Waals surface area contributed by atoms with Gasteiger partial charge in [-0.1, -0.05) is 0 Å². The summed E-state index contributed by atoms with van der Waals surface area (Å²) in [5.41, 5.74) is 0.850. The highest BCUT2D eigenvalue weighted by Gasteiger charge is 2.33. The fourth-order valence-electron chi connectivity index (χ4n) is 4.03. The summed E-state index contributed by atoms with van der Waals surface area (Å²) in [4.78, 5) is 36.2. The number of carbonyl (C=O) groups excluding carboxylic acids is 1. The number of nitro groups is 1. The quantitative estimate of drug-likeness (QED) is 0.356. The minimum atomic E-state index is -0.566. The molecule has 2 aliphatic rings. The number of hydrogen-bond donors (Lipinski definition) is 0. The molecule has 2 saturated heterocycles. The van der Waals surface area contributed by atoms with Gasteiger partial charge in [-0.3, -0.25) is 20.0 Å². The third-order valence-corrected chi connectivity index (χ3v) is 6.86. The van der Waals surface area contributed by atoms with E-state index in [4.69, 9.17) is 9.47 Å². The molecule has 13 heteroatoms. The maximum Gasteiger partial charge on any atom is 0.414 e. The summed E-state index contributed by atoms with van der Waals surface area (Å²) in [7, 11) is 0. The van der Waals surface area contributed by atoms with Crippen LogP contribution in [0.25, 0.3) is 0 Å². The summed E-state index contributed by atoms with van der Waals surface area (Å²) >= 11 is 1.14. The van der Waals surface area contributed by atoms with E-state index in [9.17, 15) is 14.9 Å². The average Bonchev–Trinajstić information content (AvgIpc) is 3.51. The molecule has 1 aromatic carbocycles. The molecule has 2 fully saturated rings. The number of nitrogens with zero attached hydrogens (tertiary/aromatic N) is 6. The number of rotatable bonds is 7. The number of halogens is 1. The average molecular weight is 501 g/mol. The van der Waals surface area contributed by atoms with E-state index in [0.29, 0.717) is 43.4 Å². The zero-order valence-electron chi connectivity index (χ0n) is 18.4. The number of aromatic nitrogens is 2. The molecule has 0 radical (unpaired) electrons. The molecule has 0 unspecified atom stereocenters. The van der Waals surface area contributed by atoms with Gasteiger partial charge in [0.15, 0.2) is 6.10 Å². The maximum absolute atomic E-state index is 15.0. The van der Waals surface area contributed by atoms with Crippen molar-refractivity contribution in [3.63, 3.8) is 0 Å². The lowest BCUT2D eigenvalue weighted by Gasteiger charge is -2.36. The van der Waals surface area contributed by atoms with Crippen molar-refractivity contribution in [1.29, 1.82) is 0 Å². The molecule has 182 valence electrons. The van der Waals surface area contributed by atoms with Crippen LogP contribution in [0.5, 0.6) is 5.88 Å². The molecule has 5 rings (SSSR count). The highest BCUT2D eigenvalue weighted by atomic mass is 32.1. The standard InChI is InChI=1S/C22H21FN6O5S/c23-17-11-15(28-13-16(34-22(28)30)14-33-19-12-24-5-6-25-19)1-2-18(17)26-7-9-27(10-8-26)20-3-4-21(35-20)29(31)32/h1-6,11-12,16H,7-10,13-14H2/t16-/m1/s1. The second-order valence-corrected chi connectivity index (χ2v) is 8.99. The lowest BCUT2D eigenvalue weighted by molar-refractivity contribution is -0.380. The molecule has 2 aliphatic heterocycles. The largest absolute Gasteiger partial charge is 0.473 e. The molecule has 0 N–H and O–H groups in total. The van der Waals surface area contributed by atoms with Crippen molar-refractivity contribution < 1.29 is 23.6 Å². The second-order valence-electron chi connectivity index (χ2n) is 7.95. The number of hydrogen-bond acceptors (Lipinski definition) is 10. The van der Waals surface area contributed by atoms with Gasteiger partial charge < -0.3 is 19.3 Å². The van der Waals surface area contributed by atoms with Gasteiger partial charge in [0.1, 0.15) is 12.4 Å². The van der Waals surface area contributed by atoms with Crippen molar-refractivity contribution in [2.24, 2.45) is 0 Å². The zero-order valence-corrected chi connectivity index (χ0v) is 19.3. The van der Waals surface area contributed by atoms with Gasteiger partial charge in [0.25, 0.3) is 0 Å². The van der Waals surface area contributed by atoms with Crippen LogP contribution in [0, 0.1) is 15.9 Å². The molecular weight excluding hydrogens is 479 g/mol. The first-order valence-electron chi connectivity index (χ1n) is 10.9. The summed E-state index contributed by atoms with van der Waals surface area (Å²) in [6.07, 6.45) is 3.41. The summed E-state index contributed by atoms with van der Waals surface area (Å²) in [5, 5.41) is 11.9. The zero-order chi connectivity index (χ0) is 24.4. The van der Waals surface area contributed by atoms with E-state index in [1.807, 2.05) is 4.90 Å². The van der Waals surface area contributed by atoms with Crippen LogP contribution in [0.4, 0.5) is 30.6 Å². The number of carbonyl (C=O) groups is 1. The van der Waals surface area contributed by atoms with Gasteiger partial charge in [-0.15, -0.1) is 0 Å². The highest BCUT2D eigenvalue weighted by molar-refractivity contribution is 7.19. The van der Waals surface area contributed by atoms with Gasteiger partial charge in [0.05, 0.1) is 34.0 Å². The van der Waals surface area contributed by atoms with Gasteiger partial charge in [-0.05, 0) is 35.6 Å². The lowest BCUT2D eigenvalue weighted by Crippen LogP contribution is -2.46. The topological polar surface area (TPSA) is 114 Å². The van der Waals surface area contributed by atoms with E-state index >= 15 is 4.39 Å². The molecule has 1 atom stereocenters. The van der Waals surface area contributed by atoms with Crippen LogP contribution in [-0.2, 0) is 4.74 Å². The highest BCUT2D eigenvalue weighted by Crippen LogP contribution is 2.33. The van der Waals surface area contributed by atoms with Crippen LogP contribution in [0.2, 0.25) is 0 Å². The van der Waals surface area contributed by atoms with E-state index in [2.05, 4.69) is 14.9 Å². The predicted octanol–water partition coefficient (Wildman–Crippen LogP) is 3.32. The van der Waals surface area contributed by atoms with Gasteiger partial charge in [0.2, 0.25) is 5.88 Å². The van der Waals surface area contributed by atoms with Crippen LogP contribution < -0.4 is 19.4 Å². The van der Waals surface area contributed by atoms with Crippen LogP contribution in [0.1, 0.15) is 0 Å².